The summed E-state index contributed by atoms with van der Waals surface area (Å²) >= 11 is 0. The van der Waals surface area contributed by atoms with E-state index in [9.17, 15) is 0 Å². The predicted molar refractivity (Wildman–Crippen MR) is 157 cm³/mol. The number of rotatable bonds is 3. The van der Waals surface area contributed by atoms with Gasteiger partial charge in [0.15, 0.2) is 0 Å². The zero-order valence-electron chi connectivity index (χ0n) is 27.3. The van der Waals surface area contributed by atoms with E-state index in [2.05, 4.69) is 59.9 Å². The molecule has 3 nitrogen and oxygen atoms in total. The number of hydrogen-bond acceptors (Lipinski definition) is 3. The number of furan rings is 1. The summed E-state index contributed by atoms with van der Waals surface area (Å²) in [4.78, 5) is 8.72. The van der Waals surface area contributed by atoms with Gasteiger partial charge in [0.05, 0.1) is 8.07 Å². The standard InChI is InChI=1S/C20H18NOSi.C13H12N.Ir/c1-23(2,3)15-8-6-7-14(11-15)18-12-20-17(13-21-18)16-9-4-5-10-19(16)22-20;1-10-3-6-12(7-4-10)13-8-5-11(2)9-14-13;/h4-6,8-13H,1-3H3;3-6,8-9H,1-2H3;/q2*-1;/i;1D3,2D3;. The van der Waals surface area contributed by atoms with Gasteiger partial charge in [-0.05, 0) is 35.9 Å². The van der Waals surface area contributed by atoms with Gasteiger partial charge in [-0.1, -0.05) is 56.8 Å². The van der Waals surface area contributed by atoms with E-state index in [1.807, 2.05) is 36.5 Å². The maximum atomic E-state index is 7.28. The SMILES string of the molecule is C[Si](C)(C)c1cc[c-]c(-c2cc3oc4ccccc4c3cn2)c1.[2H]C([2H])([2H])c1c[c-]c(-c2ccc(C([2H])([2H])[2H])cn2)cc1.[Ir]. The van der Waals surface area contributed by atoms with E-state index in [0.717, 1.165) is 33.2 Å². The molecular formula is C33H30IrN2OSi-2. The predicted octanol–water partition coefficient (Wildman–Crippen LogP) is 8.16. The van der Waals surface area contributed by atoms with E-state index in [1.165, 1.54) is 29.6 Å². The van der Waals surface area contributed by atoms with Crippen LogP contribution in [-0.4, -0.2) is 18.0 Å². The summed E-state index contributed by atoms with van der Waals surface area (Å²) in [6.07, 6.45) is 3.21. The first kappa shape index (κ1) is 20.6. The van der Waals surface area contributed by atoms with E-state index < -0.39 is 21.8 Å². The van der Waals surface area contributed by atoms with E-state index in [-0.39, 0.29) is 31.2 Å². The zero-order chi connectivity index (χ0) is 31.0. The average molecular weight is 697 g/mol. The Hall–Kier alpha value is -3.37. The maximum Gasteiger partial charge on any atom is 0.135 e. The molecule has 6 aromatic rings. The second-order valence-corrected chi connectivity index (χ2v) is 14.9. The molecule has 0 aliphatic heterocycles. The topological polar surface area (TPSA) is 38.9 Å². The van der Waals surface area contributed by atoms with Crippen molar-refractivity contribution in [1.82, 2.24) is 9.97 Å². The number of para-hydroxylation sites is 1. The zero-order valence-corrected chi connectivity index (χ0v) is 24.7. The third-order valence-electron chi connectivity index (χ3n) is 6.06. The van der Waals surface area contributed by atoms with Crippen LogP contribution in [0.1, 0.15) is 19.4 Å². The molecule has 0 N–H and O–H groups in total. The fraction of sp³-hybridized carbons (Fsp3) is 0.152. The molecule has 6 rings (SSSR count). The molecule has 0 fully saturated rings. The van der Waals surface area contributed by atoms with Gasteiger partial charge in [-0.3, -0.25) is 0 Å². The Balaban J connectivity index is 0.000000199. The Morgan fingerprint density at radius 2 is 1.53 bits per heavy atom. The Kier molecular flexibility index (Phi) is 6.26. The maximum absolute atomic E-state index is 7.28. The van der Waals surface area contributed by atoms with Gasteiger partial charge in [0, 0.05) is 51.5 Å². The van der Waals surface area contributed by atoms with Crippen LogP contribution in [0, 0.1) is 25.8 Å². The van der Waals surface area contributed by atoms with Crippen molar-refractivity contribution in [2.24, 2.45) is 0 Å². The Morgan fingerprint density at radius 3 is 2.24 bits per heavy atom. The molecule has 3 aromatic heterocycles. The first-order valence-electron chi connectivity index (χ1n) is 15.0. The number of nitrogens with zero attached hydrogens (tertiary/aromatic N) is 2. The molecule has 0 bridgehead atoms. The minimum absolute atomic E-state index is 0. The fourth-order valence-corrected chi connectivity index (χ4v) is 5.15. The summed E-state index contributed by atoms with van der Waals surface area (Å²) in [7, 11) is -1.35. The van der Waals surface area contributed by atoms with Crippen molar-refractivity contribution >= 4 is 35.2 Å². The smallest absolute Gasteiger partial charge is 0.135 e. The summed E-state index contributed by atoms with van der Waals surface area (Å²) in [6.45, 7) is 2.71. The van der Waals surface area contributed by atoms with Crippen molar-refractivity contribution in [3.8, 4) is 22.5 Å². The van der Waals surface area contributed by atoms with Crippen LogP contribution in [0.5, 0.6) is 0 Å². The molecule has 0 atom stereocenters. The van der Waals surface area contributed by atoms with Crippen molar-refractivity contribution in [2.45, 2.75) is 33.3 Å². The van der Waals surface area contributed by atoms with Gasteiger partial charge in [0.2, 0.25) is 0 Å². The first-order valence-corrected chi connectivity index (χ1v) is 15.5. The quantitative estimate of drug-likeness (QED) is 0.139. The summed E-state index contributed by atoms with van der Waals surface area (Å²) in [5.41, 5.74) is 5.28. The molecule has 38 heavy (non-hydrogen) atoms. The molecular weight excluding hydrogens is 661 g/mol. The normalized spacial score (nSPS) is 14.1. The number of benzene rings is 3. The van der Waals surface area contributed by atoms with E-state index in [1.54, 1.807) is 12.1 Å². The summed E-state index contributed by atoms with van der Waals surface area (Å²) in [6, 6.07) is 30.3. The molecule has 193 valence electrons. The number of aromatic nitrogens is 2. The van der Waals surface area contributed by atoms with E-state index in [0.29, 0.717) is 11.3 Å². The summed E-state index contributed by atoms with van der Waals surface area (Å²) < 4.78 is 49.6. The minimum Gasteiger partial charge on any atom is -0.457 e. The molecule has 0 saturated carbocycles. The molecule has 0 aliphatic carbocycles. The third kappa shape index (κ3) is 6.19. The van der Waals surface area contributed by atoms with Crippen LogP contribution in [0.2, 0.25) is 19.6 Å². The largest absolute Gasteiger partial charge is 0.457 e. The van der Waals surface area contributed by atoms with Gasteiger partial charge in [-0.15, -0.1) is 70.4 Å². The van der Waals surface area contributed by atoms with Gasteiger partial charge in [0.25, 0.3) is 0 Å². The number of hydrogen-bond donors (Lipinski definition) is 0. The number of fused-ring (bicyclic) bond motifs is 3. The Labute approximate surface area is 247 Å². The van der Waals surface area contributed by atoms with Crippen LogP contribution in [0.4, 0.5) is 0 Å². The summed E-state index contributed by atoms with van der Waals surface area (Å²) in [5, 5.41) is 3.59. The number of aryl methyl sites for hydroxylation is 2. The number of pyridine rings is 2. The van der Waals surface area contributed by atoms with Crippen LogP contribution < -0.4 is 5.19 Å². The Bertz CT molecular complexity index is 1820. The molecule has 0 aliphatic rings. The summed E-state index contributed by atoms with van der Waals surface area (Å²) in [5.74, 6) is 0. The van der Waals surface area contributed by atoms with E-state index >= 15 is 0 Å². The van der Waals surface area contributed by atoms with Crippen molar-refractivity contribution in [3.05, 3.63) is 115 Å². The fourth-order valence-electron chi connectivity index (χ4n) is 3.99. The van der Waals surface area contributed by atoms with Gasteiger partial charge in [0.1, 0.15) is 11.2 Å². The van der Waals surface area contributed by atoms with Gasteiger partial charge < -0.3 is 14.4 Å². The molecule has 1 radical (unpaired) electrons. The second-order valence-electron chi connectivity index (χ2n) is 9.83. The van der Waals surface area contributed by atoms with Crippen LogP contribution in [0.3, 0.4) is 0 Å². The molecule has 0 unspecified atom stereocenters. The van der Waals surface area contributed by atoms with Gasteiger partial charge in [-0.2, -0.15) is 0 Å². The average Bonchev–Trinajstić information content (AvgIpc) is 3.34. The van der Waals surface area contributed by atoms with Gasteiger partial charge >= 0.3 is 0 Å². The molecule has 5 heteroatoms. The third-order valence-corrected chi connectivity index (χ3v) is 8.10. The van der Waals surface area contributed by atoms with Crippen molar-refractivity contribution in [1.29, 1.82) is 0 Å². The second kappa shape index (κ2) is 11.6. The van der Waals surface area contributed by atoms with Crippen LogP contribution in [0.15, 0.2) is 95.7 Å². The first-order chi connectivity index (χ1) is 20.2. The van der Waals surface area contributed by atoms with Crippen molar-refractivity contribution < 1.29 is 32.7 Å². The molecule has 0 saturated heterocycles. The van der Waals surface area contributed by atoms with Crippen molar-refractivity contribution in [3.63, 3.8) is 0 Å². The molecule has 0 amide bonds. The van der Waals surface area contributed by atoms with Crippen LogP contribution in [-0.2, 0) is 20.1 Å². The van der Waals surface area contributed by atoms with E-state index in [4.69, 9.17) is 12.6 Å². The van der Waals surface area contributed by atoms with Crippen molar-refractivity contribution in [2.75, 3.05) is 0 Å². The minimum atomic E-state index is -2.18. The van der Waals surface area contributed by atoms with Crippen LogP contribution in [0.25, 0.3) is 44.5 Å². The molecule has 3 heterocycles. The molecule has 0 spiro atoms. The van der Waals surface area contributed by atoms with Gasteiger partial charge in [-0.25, -0.2) is 0 Å². The monoisotopic (exact) mass is 697 g/mol. The molecule has 3 aromatic carbocycles. The van der Waals surface area contributed by atoms with Crippen LogP contribution >= 0.6 is 0 Å². The Morgan fingerprint density at radius 1 is 0.737 bits per heavy atom.